The van der Waals surface area contributed by atoms with Gasteiger partial charge in [0, 0.05) is 31.8 Å². The van der Waals surface area contributed by atoms with Crippen LogP contribution in [0.1, 0.15) is 6.42 Å². The number of methoxy groups -OCH3 is 1. The monoisotopic (exact) mass is 229 g/mol. The second kappa shape index (κ2) is 7.19. The van der Waals surface area contributed by atoms with Gasteiger partial charge in [-0.15, -0.1) is 11.3 Å². The van der Waals surface area contributed by atoms with Gasteiger partial charge in [0.05, 0.1) is 6.54 Å². The van der Waals surface area contributed by atoms with Gasteiger partial charge in [0.2, 0.25) is 5.91 Å². The summed E-state index contributed by atoms with van der Waals surface area (Å²) in [4.78, 5) is 15.3. The van der Waals surface area contributed by atoms with E-state index in [2.05, 4.69) is 15.6 Å². The molecule has 2 N–H and O–H groups in total. The van der Waals surface area contributed by atoms with Crippen molar-refractivity contribution in [2.45, 2.75) is 6.42 Å². The van der Waals surface area contributed by atoms with Crippen LogP contribution in [0.15, 0.2) is 11.6 Å². The van der Waals surface area contributed by atoms with Gasteiger partial charge in [-0.2, -0.15) is 0 Å². The number of thiazole rings is 1. The van der Waals surface area contributed by atoms with Crippen molar-refractivity contribution < 1.29 is 9.53 Å². The second-order valence-corrected chi connectivity index (χ2v) is 3.78. The van der Waals surface area contributed by atoms with Crippen LogP contribution < -0.4 is 10.6 Å². The molecule has 84 valence electrons. The minimum absolute atomic E-state index is 0.0266. The van der Waals surface area contributed by atoms with E-state index >= 15 is 0 Å². The Bertz CT molecular complexity index is 277. The van der Waals surface area contributed by atoms with Crippen molar-refractivity contribution in [1.29, 1.82) is 0 Å². The third-order valence-corrected chi connectivity index (χ3v) is 2.41. The molecule has 0 bridgehead atoms. The number of nitrogens with one attached hydrogen (secondary N) is 2. The molecule has 1 aromatic rings. The number of anilines is 1. The average Bonchev–Trinajstić information content (AvgIpc) is 2.74. The molecule has 0 aromatic carbocycles. The molecule has 1 aromatic heterocycles. The molecule has 1 heterocycles. The van der Waals surface area contributed by atoms with E-state index in [0.717, 1.165) is 11.6 Å². The molecule has 6 heteroatoms. The van der Waals surface area contributed by atoms with Crippen LogP contribution in [0.2, 0.25) is 0 Å². The smallest absolute Gasteiger partial charge is 0.239 e. The highest BCUT2D eigenvalue weighted by molar-refractivity contribution is 7.13. The summed E-state index contributed by atoms with van der Waals surface area (Å²) >= 11 is 1.47. The highest BCUT2D eigenvalue weighted by Crippen LogP contribution is 2.08. The number of nitrogens with zero attached hydrogens (tertiary/aromatic N) is 1. The van der Waals surface area contributed by atoms with Gasteiger partial charge in [-0.3, -0.25) is 4.79 Å². The molecule has 0 saturated heterocycles. The molecule has 0 aliphatic rings. The molecule has 0 spiro atoms. The Hall–Kier alpha value is -1.14. The molecular weight excluding hydrogens is 214 g/mol. The SMILES string of the molecule is COCCCNC(=O)CNc1nccs1. The number of hydrogen-bond donors (Lipinski definition) is 2. The number of carbonyl (C=O) groups excluding carboxylic acids is 1. The van der Waals surface area contributed by atoms with Crippen LogP contribution in [0, 0.1) is 0 Å². The Morgan fingerprint density at radius 3 is 3.20 bits per heavy atom. The Morgan fingerprint density at radius 1 is 1.67 bits per heavy atom. The molecule has 0 saturated carbocycles. The fraction of sp³-hybridized carbons (Fsp3) is 0.556. The Balaban J connectivity index is 2.04. The normalized spacial score (nSPS) is 9.93. The van der Waals surface area contributed by atoms with Gasteiger partial charge in [-0.25, -0.2) is 4.98 Å². The largest absolute Gasteiger partial charge is 0.385 e. The lowest BCUT2D eigenvalue weighted by Crippen LogP contribution is -2.31. The predicted molar refractivity (Wildman–Crippen MR) is 60.1 cm³/mol. The lowest BCUT2D eigenvalue weighted by atomic mass is 10.4. The number of ether oxygens (including phenoxy) is 1. The number of rotatable bonds is 7. The summed E-state index contributed by atoms with van der Waals surface area (Å²) in [5.74, 6) is -0.0266. The van der Waals surface area contributed by atoms with Gasteiger partial charge in [0.15, 0.2) is 5.13 Å². The molecule has 1 amide bonds. The molecule has 5 nitrogen and oxygen atoms in total. The number of aromatic nitrogens is 1. The molecule has 0 radical (unpaired) electrons. The molecule has 0 aliphatic carbocycles. The Morgan fingerprint density at radius 2 is 2.53 bits per heavy atom. The van der Waals surface area contributed by atoms with Gasteiger partial charge in [0.1, 0.15) is 0 Å². The predicted octanol–water partition coefficient (Wildman–Crippen LogP) is 0.708. The van der Waals surface area contributed by atoms with E-state index in [9.17, 15) is 4.79 Å². The lowest BCUT2D eigenvalue weighted by molar-refractivity contribution is -0.119. The number of amides is 1. The fourth-order valence-electron chi connectivity index (χ4n) is 0.973. The summed E-state index contributed by atoms with van der Waals surface area (Å²) in [7, 11) is 1.64. The molecular formula is C9H15N3O2S. The van der Waals surface area contributed by atoms with Crippen molar-refractivity contribution in [3.05, 3.63) is 11.6 Å². The van der Waals surface area contributed by atoms with Crippen molar-refractivity contribution in [2.75, 3.05) is 32.1 Å². The van der Waals surface area contributed by atoms with Crippen LogP contribution >= 0.6 is 11.3 Å². The van der Waals surface area contributed by atoms with Gasteiger partial charge in [0.25, 0.3) is 0 Å². The van der Waals surface area contributed by atoms with Crippen LogP contribution in [0.3, 0.4) is 0 Å². The molecule has 0 unspecified atom stereocenters. The summed E-state index contributed by atoms with van der Waals surface area (Å²) in [6, 6.07) is 0. The third-order valence-electron chi connectivity index (χ3n) is 1.68. The molecule has 1 rings (SSSR count). The summed E-state index contributed by atoms with van der Waals surface area (Å²) in [5.41, 5.74) is 0. The molecule has 0 fully saturated rings. The van der Waals surface area contributed by atoms with E-state index in [1.165, 1.54) is 11.3 Å². The Labute approximate surface area is 92.9 Å². The quantitative estimate of drug-likeness (QED) is 0.676. The second-order valence-electron chi connectivity index (χ2n) is 2.89. The summed E-state index contributed by atoms with van der Waals surface area (Å²) in [5, 5.41) is 8.33. The minimum Gasteiger partial charge on any atom is -0.385 e. The molecule has 0 atom stereocenters. The zero-order chi connectivity index (χ0) is 10.9. The van der Waals surface area contributed by atoms with E-state index in [1.807, 2.05) is 5.38 Å². The first-order valence-corrected chi connectivity index (χ1v) is 5.60. The van der Waals surface area contributed by atoms with E-state index in [1.54, 1.807) is 13.3 Å². The van der Waals surface area contributed by atoms with Crippen LogP contribution in [0.5, 0.6) is 0 Å². The third kappa shape index (κ3) is 5.34. The minimum atomic E-state index is -0.0266. The van der Waals surface area contributed by atoms with Gasteiger partial charge >= 0.3 is 0 Å². The van der Waals surface area contributed by atoms with Crippen molar-refractivity contribution >= 4 is 22.4 Å². The first kappa shape index (κ1) is 11.9. The van der Waals surface area contributed by atoms with E-state index < -0.39 is 0 Å². The van der Waals surface area contributed by atoms with Gasteiger partial charge in [-0.1, -0.05) is 0 Å². The first-order chi connectivity index (χ1) is 7.33. The molecule has 0 aliphatic heterocycles. The van der Waals surface area contributed by atoms with Crippen LogP contribution in [-0.2, 0) is 9.53 Å². The van der Waals surface area contributed by atoms with Crippen molar-refractivity contribution in [3.8, 4) is 0 Å². The summed E-state index contributed by atoms with van der Waals surface area (Å²) in [6.07, 6.45) is 2.53. The maximum Gasteiger partial charge on any atom is 0.239 e. The zero-order valence-corrected chi connectivity index (χ0v) is 9.47. The topological polar surface area (TPSA) is 63.2 Å². The number of carbonyl (C=O) groups is 1. The van der Waals surface area contributed by atoms with E-state index in [-0.39, 0.29) is 12.5 Å². The van der Waals surface area contributed by atoms with Crippen LogP contribution in [0.4, 0.5) is 5.13 Å². The van der Waals surface area contributed by atoms with E-state index in [0.29, 0.717) is 13.2 Å². The lowest BCUT2D eigenvalue weighted by Gasteiger charge is -2.05. The first-order valence-electron chi connectivity index (χ1n) is 4.72. The van der Waals surface area contributed by atoms with Gasteiger partial charge in [-0.05, 0) is 6.42 Å². The summed E-state index contributed by atoms with van der Waals surface area (Å²) < 4.78 is 4.87. The van der Waals surface area contributed by atoms with Crippen molar-refractivity contribution in [1.82, 2.24) is 10.3 Å². The van der Waals surface area contributed by atoms with Gasteiger partial charge < -0.3 is 15.4 Å². The van der Waals surface area contributed by atoms with E-state index in [4.69, 9.17) is 4.74 Å². The Kier molecular flexibility index (Phi) is 5.72. The molecule has 15 heavy (non-hydrogen) atoms. The number of hydrogen-bond acceptors (Lipinski definition) is 5. The fourth-order valence-corrected chi connectivity index (χ4v) is 1.50. The highest BCUT2D eigenvalue weighted by atomic mass is 32.1. The zero-order valence-electron chi connectivity index (χ0n) is 8.66. The maximum atomic E-state index is 11.3. The van der Waals surface area contributed by atoms with Crippen LogP contribution in [0.25, 0.3) is 0 Å². The summed E-state index contributed by atoms with van der Waals surface area (Å²) in [6.45, 7) is 1.58. The standard InChI is InChI=1S/C9H15N3O2S/c1-14-5-2-3-10-8(13)7-12-9-11-4-6-15-9/h4,6H,2-3,5,7H2,1H3,(H,10,13)(H,11,12). The highest BCUT2D eigenvalue weighted by Gasteiger charge is 2.00. The van der Waals surface area contributed by atoms with Crippen molar-refractivity contribution in [3.63, 3.8) is 0 Å². The van der Waals surface area contributed by atoms with Crippen LogP contribution in [-0.4, -0.2) is 37.7 Å². The average molecular weight is 229 g/mol. The maximum absolute atomic E-state index is 11.3. The van der Waals surface area contributed by atoms with Crippen molar-refractivity contribution in [2.24, 2.45) is 0 Å².